The van der Waals surface area contributed by atoms with Crippen LogP contribution in [0.1, 0.15) is 0 Å². The molecule has 0 spiro atoms. The van der Waals surface area contributed by atoms with Gasteiger partial charge in [-0.3, -0.25) is 4.98 Å². The van der Waals surface area contributed by atoms with Crippen LogP contribution in [-0.2, 0) is 9.47 Å². The lowest BCUT2D eigenvalue weighted by molar-refractivity contribution is 0.00706. The number of nitrogens with one attached hydrogen (secondary N) is 1. The fraction of sp³-hybridized carbons (Fsp3) is 0.353. The van der Waals surface area contributed by atoms with Gasteiger partial charge in [0.15, 0.2) is 11.8 Å². The number of aliphatic hydroxyl groups is 1. The van der Waals surface area contributed by atoms with Crippen molar-refractivity contribution in [2.24, 2.45) is 0 Å². The number of nitrogens with zero attached hydrogens (tertiary/aromatic N) is 3. The molecule has 26 heavy (non-hydrogen) atoms. The van der Waals surface area contributed by atoms with Gasteiger partial charge in [-0.2, -0.15) is 4.98 Å². The molecule has 0 saturated carbocycles. The second-order valence-corrected chi connectivity index (χ2v) is 6.69. The number of pyridine rings is 2. The first-order valence-corrected chi connectivity index (χ1v) is 8.61. The summed E-state index contributed by atoms with van der Waals surface area (Å²) in [4.78, 5) is 16.0. The van der Waals surface area contributed by atoms with Crippen molar-refractivity contribution in [3.63, 3.8) is 0 Å². The third-order valence-corrected chi connectivity index (χ3v) is 4.89. The molecule has 5 heterocycles. The number of ether oxygens (including phenoxy) is 3. The zero-order valence-corrected chi connectivity index (χ0v) is 14.3. The Morgan fingerprint density at radius 3 is 2.81 bits per heavy atom. The summed E-state index contributed by atoms with van der Waals surface area (Å²) < 4.78 is 17.0. The molecular formula is C17H15ClN4O4. The molecule has 2 saturated heterocycles. The highest BCUT2D eigenvalue weighted by Gasteiger charge is 2.48. The fourth-order valence-electron chi connectivity index (χ4n) is 3.35. The van der Waals surface area contributed by atoms with Gasteiger partial charge < -0.3 is 24.3 Å². The van der Waals surface area contributed by atoms with E-state index in [1.807, 2.05) is 12.1 Å². The molecule has 2 fully saturated rings. The van der Waals surface area contributed by atoms with Crippen molar-refractivity contribution in [3.8, 4) is 17.3 Å². The molecule has 4 atom stereocenters. The monoisotopic (exact) mass is 374 g/mol. The molecule has 9 heteroatoms. The lowest BCUT2D eigenvalue weighted by Gasteiger charge is -2.15. The Kier molecular flexibility index (Phi) is 3.79. The molecule has 0 aromatic carbocycles. The van der Waals surface area contributed by atoms with Crippen LogP contribution in [0.25, 0.3) is 22.4 Å². The van der Waals surface area contributed by atoms with Crippen molar-refractivity contribution in [1.82, 2.24) is 19.9 Å². The zero-order valence-electron chi connectivity index (χ0n) is 13.5. The molecule has 2 aliphatic rings. The average Bonchev–Trinajstić information content (AvgIpc) is 3.32. The van der Waals surface area contributed by atoms with Gasteiger partial charge in [-0.1, -0.05) is 11.6 Å². The Bertz CT molecular complexity index is 951. The van der Waals surface area contributed by atoms with Crippen molar-refractivity contribution < 1.29 is 19.3 Å². The number of fused-ring (bicyclic) bond motifs is 2. The molecule has 2 aliphatic heterocycles. The Hall–Kier alpha value is -2.26. The first-order valence-electron chi connectivity index (χ1n) is 8.23. The van der Waals surface area contributed by atoms with Gasteiger partial charge in [-0.25, -0.2) is 4.98 Å². The first-order chi connectivity index (χ1) is 12.7. The minimum Gasteiger partial charge on any atom is -0.456 e. The van der Waals surface area contributed by atoms with Gasteiger partial charge >= 0.3 is 0 Å². The van der Waals surface area contributed by atoms with Gasteiger partial charge in [0.1, 0.15) is 18.3 Å². The molecule has 5 rings (SSSR count). The average molecular weight is 375 g/mol. The number of halogens is 1. The molecule has 0 unspecified atom stereocenters. The van der Waals surface area contributed by atoms with Crippen molar-refractivity contribution in [3.05, 3.63) is 35.6 Å². The smallest absolute Gasteiger partial charge is 0.296 e. The van der Waals surface area contributed by atoms with Crippen LogP contribution in [0.5, 0.6) is 6.01 Å². The second kappa shape index (κ2) is 6.17. The van der Waals surface area contributed by atoms with Crippen LogP contribution in [-0.4, -0.2) is 62.7 Å². The number of aromatic nitrogens is 4. The molecule has 3 aromatic rings. The van der Waals surface area contributed by atoms with Crippen LogP contribution < -0.4 is 4.74 Å². The Morgan fingerprint density at radius 1 is 1.15 bits per heavy atom. The number of imidazole rings is 1. The number of H-pyrrole nitrogens is 1. The molecule has 0 radical (unpaired) electrons. The summed E-state index contributed by atoms with van der Waals surface area (Å²) in [5.41, 5.74) is 2.66. The van der Waals surface area contributed by atoms with E-state index in [0.717, 1.165) is 5.56 Å². The lowest BCUT2D eigenvalue weighted by atomic mass is 10.1. The number of hydrogen-bond donors (Lipinski definition) is 2. The normalized spacial score (nSPS) is 27.8. The number of rotatable bonds is 3. The maximum Gasteiger partial charge on any atom is 0.296 e. The minimum absolute atomic E-state index is 0.252. The maximum atomic E-state index is 9.81. The van der Waals surface area contributed by atoms with Crippen LogP contribution in [0, 0.1) is 0 Å². The summed E-state index contributed by atoms with van der Waals surface area (Å²) in [6.07, 6.45) is 1.75. The third kappa shape index (κ3) is 2.62. The van der Waals surface area contributed by atoms with E-state index in [4.69, 9.17) is 25.8 Å². The Morgan fingerprint density at radius 2 is 1.96 bits per heavy atom. The molecule has 134 valence electrons. The van der Waals surface area contributed by atoms with Crippen molar-refractivity contribution in [2.45, 2.75) is 24.4 Å². The second-order valence-electron chi connectivity index (χ2n) is 6.29. The van der Waals surface area contributed by atoms with Gasteiger partial charge in [0.2, 0.25) is 0 Å². The summed E-state index contributed by atoms with van der Waals surface area (Å²) >= 11 is 6.37. The molecule has 2 N–H and O–H groups in total. The van der Waals surface area contributed by atoms with E-state index < -0.39 is 6.10 Å². The highest BCUT2D eigenvalue weighted by atomic mass is 35.5. The molecule has 0 aliphatic carbocycles. The first kappa shape index (κ1) is 16.0. The largest absolute Gasteiger partial charge is 0.456 e. The molecule has 0 bridgehead atoms. The standard InChI is InChI=1S/C17H15ClN4O4/c18-9-5-10-16(21-13(9)8-1-3-19-4-2-8)22-17(20-10)26-12-7-25-14-11(23)6-24-15(12)14/h1-5,11-12,14-15,23H,6-7H2,(H,20,21,22)/t11-,12-,14-,15-/m1/s1. The van der Waals surface area contributed by atoms with Gasteiger partial charge in [-0.15, -0.1) is 0 Å². The van der Waals surface area contributed by atoms with Crippen LogP contribution in [0.4, 0.5) is 0 Å². The van der Waals surface area contributed by atoms with E-state index in [0.29, 0.717) is 34.5 Å². The minimum atomic E-state index is -0.618. The Labute approximate surface area is 153 Å². The quantitative estimate of drug-likeness (QED) is 0.717. The SMILES string of the molecule is O[C@@H]1CO[C@H]2[C@@H]1OC[C@H]2Oc1nc2nc(-c3ccncc3)c(Cl)cc2[nH]1. The van der Waals surface area contributed by atoms with Gasteiger partial charge in [0, 0.05) is 18.0 Å². The molecule has 3 aromatic heterocycles. The summed E-state index contributed by atoms with van der Waals surface area (Å²) in [5, 5.41) is 10.3. The topological polar surface area (TPSA) is 102 Å². The van der Waals surface area contributed by atoms with Crippen molar-refractivity contribution >= 4 is 22.8 Å². The molecule has 8 nitrogen and oxygen atoms in total. The number of aliphatic hydroxyl groups excluding tert-OH is 1. The third-order valence-electron chi connectivity index (χ3n) is 4.60. The number of aromatic amines is 1. The highest BCUT2D eigenvalue weighted by molar-refractivity contribution is 6.33. The van der Waals surface area contributed by atoms with Gasteiger partial charge in [-0.05, 0) is 18.2 Å². The van der Waals surface area contributed by atoms with E-state index >= 15 is 0 Å². The van der Waals surface area contributed by atoms with Crippen LogP contribution in [0.3, 0.4) is 0 Å². The van der Waals surface area contributed by atoms with Gasteiger partial charge in [0.05, 0.1) is 29.4 Å². The van der Waals surface area contributed by atoms with E-state index in [9.17, 15) is 5.11 Å². The van der Waals surface area contributed by atoms with E-state index in [2.05, 4.69) is 19.9 Å². The van der Waals surface area contributed by atoms with Gasteiger partial charge in [0.25, 0.3) is 6.01 Å². The van der Waals surface area contributed by atoms with Crippen LogP contribution in [0.15, 0.2) is 30.6 Å². The van der Waals surface area contributed by atoms with E-state index in [1.54, 1.807) is 18.5 Å². The van der Waals surface area contributed by atoms with E-state index in [-0.39, 0.29) is 24.9 Å². The van der Waals surface area contributed by atoms with Crippen LogP contribution in [0.2, 0.25) is 5.02 Å². The predicted molar refractivity (Wildman–Crippen MR) is 92.0 cm³/mol. The Balaban J connectivity index is 1.43. The lowest BCUT2D eigenvalue weighted by Crippen LogP contribution is -2.34. The van der Waals surface area contributed by atoms with Crippen molar-refractivity contribution in [1.29, 1.82) is 0 Å². The molecular weight excluding hydrogens is 360 g/mol. The zero-order chi connectivity index (χ0) is 17.7. The number of hydrogen-bond acceptors (Lipinski definition) is 7. The predicted octanol–water partition coefficient (Wildman–Crippen LogP) is 1.58. The summed E-state index contributed by atoms with van der Waals surface area (Å²) in [6.45, 7) is 0.585. The highest BCUT2D eigenvalue weighted by Crippen LogP contribution is 2.31. The summed E-state index contributed by atoms with van der Waals surface area (Å²) in [6, 6.07) is 5.75. The molecule has 0 amide bonds. The maximum absolute atomic E-state index is 9.81. The summed E-state index contributed by atoms with van der Waals surface area (Å²) in [5.74, 6) is 0. The van der Waals surface area contributed by atoms with E-state index in [1.165, 1.54) is 0 Å². The van der Waals surface area contributed by atoms with Crippen molar-refractivity contribution in [2.75, 3.05) is 13.2 Å². The summed E-state index contributed by atoms with van der Waals surface area (Å²) in [7, 11) is 0. The van der Waals surface area contributed by atoms with Crippen LogP contribution >= 0.6 is 11.6 Å². The fourth-order valence-corrected chi connectivity index (χ4v) is 3.61.